The summed E-state index contributed by atoms with van der Waals surface area (Å²) in [6, 6.07) is 7.89. The van der Waals surface area contributed by atoms with E-state index in [4.69, 9.17) is 11.0 Å². The Bertz CT molecular complexity index is 545. The van der Waals surface area contributed by atoms with Crippen molar-refractivity contribution in [2.45, 2.75) is 13.0 Å². The Morgan fingerprint density at radius 3 is 2.87 bits per heavy atom. The van der Waals surface area contributed by atoms with Crippen LogP contribution in [0.4, 0.5) is 0 Å². The van der Waals surface area contributed by atoms with Gasteiger partial charge in [0.05, 0.1) is 5.52 Å². The predicted molar refractivity (Wildman–Crippen MR) is 58.0 cm³/mol. The average molecular weight is 200 g/mol. The minimum absolute atomic E-state index is 0.00478. The SMILES string of the molecule is CC(N)c1ccc2c(C#N)nn(C)c2c1. The molecule has 0 aliphatic carbocycles. The first-order chi connectivity index (χ1) is 7.13. The maximum Gasteiger partial charge on any atom is 0.170 e. The van der Waals surface area contributed by atoms with Crippen LogP contribution in [0.1, 0.15) is 24.2 Å². The lowest BCUT2D eigenvalue weighted by Gasteiger charge is -2.05. The lowest BCUT2D eigenvalue weighted by Crippen LogP contribution is -2.04. The zero-order valence-electron chi connectivity index (χ0n) is 8.73. The molecule has 2 N–H and O–H groups in total. The molecule has 0 aliphatic heterocycles. The summed E-state index contributed by atoms with van der Waals surface area (Å²) in [7, 11) is 1.83. The van der Waals surface area contributed by atoms with Gasteiger partial charge in [0.2, 0.25) is 0 Å². The third kappa shape index (κ3) is 1.47. The molecular formula is C11H12N4. The highest BCUT2D eigenvalue weighted by atomic mass is 15.3. The largest absolute Gasteiger partial charge is 0.324 e. The molecule has 2 rings (SSSR count). The highest BCUT2D eigenvalue weighted by Crippen LogP contribution is 2.21. The van der Waals surface area contributed by atoms with Crippen LogP contribution in [0, 0.1) is 11.3 Å². The Kier molecular flexibility index (Phi) is 2.18. The third-order valence-corrected chi connectivity index (χ3v) is 2.51. The van der Waals surface area contributed by atoms with E-state index in [-0.39, 0.29) is 6.04 Å². The van der Waals surface area contributed by atoms with E-state index in [9.17, 15) is 0 Å². The van der Waals surface area contributed by atoms with Gasteiger partial charge in [0, 0.05) is 18.5 Å². The fourth-order valence-electron chi connectivity index (χ4n) is 1.64. The monoisotopic (exact) mass is 200 g/mol. The van der Waals surface area contributed by atoms with E-state index >= 15 is 0 Å². The third-order valence-electron chi connectivity index (χ3n) is 2.51. The second-order valence-electron chi connectivity index (χ2n) is 3.65. The van der Waals surface area contributed by atoms with Gasteiger partial charge in [-0.3, -0.25) is 4.68 Å². The molecule has 0 aliphatic rings. The first-order valence-corrected chi connectivity index (χ1v) is 4.76. The van der Waals surface area contributed by atoms with Gasteiger partial charge in [-0.15, -0.1) is 0 Å². The lowest BCUT2D eigenvalue weighted by molar-refractivity contribution is 0.785. The molecule has 76 valence electrons. The van der Waals surface area contributed by atoms with Crippen molar-refractivity contribution in [1.82, 2.24) is 9.78 Å². The van der Waals surface area contributed by atoms with Crippen LogP contribution in [-0.4, -0.2) is 9.78 Å². The minimum Gasteiger partial charge on any atom is -0.324 e. The van der Waals surface area contributed by atoms with Crippen molar-refractivity contribution >= 4 is 10.9 Å². The molecular weight excluding hydrogens is 188 g/mol. The highest BCUT2D eigenvalue weighted by Gasteiger charge is 2.09. The Morgan fingerprint density at radius 2 is 2.27 bits per heavy atom. The van der Waals surface area contributed by atoms with Gasteiger partial charge >= 0.3 is 0 Å². The number of nitriles is 1. The number of hydrogen-bond acceptors (Lipinski definition) is 3. The summed E-state index contributed by atoms with van der Waals surface area (Å²) in [6.07, 6.45) is 0. The second kappa shape index (κ2) is 3.37. The normalized spacial score (nSPS) is 12.7. The van der Waals surface area contributed by atoms with Gasteiger partial charge in [-0.2, -0.15) is 10.4 Å². The Balaban J connectivity index is 2.73. The van der Waals surface area contributed by atoms with Crippen molar-refractivity contribution in [3.05, 3.63) is 29.5 Å². The second-order valence-corrected chi connectivity index (χ2v) is 3.65. The van der Waals surface area contributed by atoms with E-state index in [2.05, 4.69) is 11.2 Å². The van der Waals surface area contributed by atoms with Crippen LogP contribution in [0.3, 0.4) is 0 Å². The summed E-state index contributed by atoms with van der Waals surface area (Å²) >= 11 is 0. The van der Waals surface area contributed by atoms with Gasteiger partial charge in [-0.1, -0.05) is 6.07 Å². The summed E-state index contributed by atoms with van der Waals surface area (Å²) in [6.45, 7) is 1.93. The van der Waals surface area contributed by atoms with Crippen LogP contribution in [0.25, 0.3) is 10.9 Å². The van der Waals surface area contributed by atoms with E-state index < -0.39 is 0 Å². The number of nitrogens with zero attached hydrogens (tertiary/aromatic N) is 3. The molecule has 0 radical (unpaired) electrons. The molecule has 1 atom stereocenters. The number of aromatic nitrogens is 2. The fourth-order valence-corrected chi connectivity index (χ4v) is 1.64. The van der Waals surface area contributed by atoms with Gasteiger partial charge in [0.15, 0.2) is 5.69 Å². The minimum atomic E-state index is -0.00478. The van der Waals surface area contributed by atoms with Crippen LogP contribution in [0.5, 0.6) is 0 Å². The maximum absolute atomic E-state index is 8.88. The van der Waals surface area contributed by atoms with Gasteiger partial charge in [-0.25, -0.2) is 0 Å². The molecule has 0 bridgehead atoms. The molecule has 0 amide bonds. The molecule has 1 aromatic heterocycles. The Labute approximate surface area is 87.9 Å². The van der Waals surface area contributed by atoms with Gasteiger partial charge < -0.3 is 5.73 Å². The summed E-state index contributed by atoms with van der Waals surface area (Å²) in [5, 5.41) is 13.9. The molecule has 2 aromatic rings. The Hall–Kier alpha value is -1.86. The van der Waals surface area contributed by atoms with Gasteiger partial charge in [0.25, 0.3) is 0 Å². The van der Waals surface area contributed by atoms with Gasteiger partial charge in [0.1, 0.15) is 6.07 Å². The van der Waals surface area contributed by atoms with Gasteiger partial charge in [-0.05, 0) is 24.6 Å². The fraction of sp³-hybridized carbons (Fsp3) is 0.273. The van der Waals surface area contributed by atoms with E-state index in [1.165, 1.54) is 0 Å². The number of hydrogen-bond donors (Lipinski definition) is 1. The van der Waals surface area contributed by atoms with E-state index in [0.29, 0.717) is 5.69 Å². The molecule has 0 saturated carbocycles. The molecule has 4 nitrogen and oxygen atoms in total. The van der Waals surface area contributed by atoms with Crippen LogP contribution in [-0.2, 0) is 7.05 Å². The molecule has 4 heteroatoms. The van der Waals surface area contributed by atoms with Crippen molar-refractivity contribution in [3.63, 3.8) is 0 Å². The number of nitrogens with two attached hydrogens (primary N) is 1. The lowest BCUT2D eigenvalue weighted by atomic mass is 10.1. The molecule has 1 heterocycles. The van der Waals surface area contributed by atoms with Crippen molar-refractivity contribution < 1.29 is 0 Å². The molecule has 0 saturated heterocycles. The van der Waals surface area contributed by atoms with Crippen molar-refractivity contribution in [2.24, 2.45) is 12.8 Å². The highest BCUT2D eigenvalue weighted by molar-refractivity contribution is 5.84. The molecule has 0 fully saturated rings. The molecule has 0 spiro atoms. The first-order valence-electron chi connectivity index (χ1n) is 4.76. The number of benzene rings is 1. The average Bonchev–Trinajstić information content (AvgIpc) is 2.55. The van der Waals surface area contributed by atoms with Crippen molar-refractivity contribution in [3.8, 4) is 6.07 Å². The van der Waals surface area contributed by atoms with E-state index in [1.54, 1.807) is 4.68 Å². The topological polar surface area (TPSA) is 67.6 Å². The molecule has 1 aromatic carbocycles. The molecule has 15 heavy (non-hydrogen) atoms. The number of rotatable bonds is 1. The van der Waals surface area contributed by atoms with Crippen LogP contribution < -0.4 is 5.73 Å². The summed E-state index contributed by atoms with van der Waals surface area (Å²) in [5.74, 6) is 0. The number of fused-ring (bicyclic) bond motifs is 1. The van der Waals surface area contributed by atoms with Crippen LogP contribution >= 0.6 is 0 Å². The number of aryl methyl sites for hydroxylation is 1. The Morgan fingerprint density at radius 1 is 1.53 bits per heavy atom. The van der Waals surface area contributed by atoms with E-state index in [0.717, 1.165) is 16.5 Å². The summed E-state index contributed by atoms with van der Waals surface area (Å²) in [4.78, 5) is 0. The smallest absolute Gasteiger partial charge is 0.170 e. The summed E-state index contributed by atoms with van der Waals surface area (Å²) in [5.41, 5.74) is 8.26. The first kappa shape index (κ1) is 9.69. The quantitative estimate of drug-likeness (QED) is 0.757. The summed E-state index contributed by atoms with van der Waals surface area (Å²) < 4.78 is 1.71. The maximum atomic E-state index is 8.88. The van der Waals surface area contributed by atoms with Crippen LogP contribution in [0.2, 0.25) is 0 Å². The zero-order chi connectivity index (χ0) is 11.0. The predicted octanol–water partition coefficient (Wildman–Crippen LogP) is 1.46. The van der Waals surface area contributed by atoms with Crippen molar-refractivity contribution in [1.29, 1.82) is 5.26 Å². The standard InChI is InChI=1S/C11H12N4/c1-7(13)8-3-4-9-10(6-12)14-15(2)11(9)5-8/h3-5,7H,13H2,1-2H3. The zero-order valence-corrected chi connectivity index (χ0v) is 8.73. The molecule has 1 unspecified atom stereocenters. The van der Waals surface area contributed by atoms with Crippen LogP contribution in [0.15, 0.2) is 18.2 Å². The van der Waals surface area contributed by atoms with Crippen molar-refractivity contribution in [2.75, 3.05) is 0 Å². The van der Waals surface area contributed by atoms with E-state index in [1.807, 2.05) is 32.2 Å².